The van der Waals surface area contributed by atoms with E-state index in [4.69, 9.17) is 0 Å². The van der Waals surface area contributed by atoms with Crippen LogP contribution in [0, 0.1) is 6.92 Å². The summed E-state index contributed by atoms with van der Waals surface area (Å²) in [5.41, 5.74) is 0.947. The van der Waals surface area contributed by atoms with E-state index >= 15 is 0 Å². The number of benzene rings is 1. The van der Waals surface area contributed by atoms with Gasteiger partial charge in [0.15, 0.2) is 0 Å². The van der Waals surface area contributed by atoms with E-state index in [1.165, 1.54) is 0 Å². The van der Waals surface area contributed by atoms with Gasteiger partial charge in [0, 0.05) is 0 Å². The number of hydrogen-bond acceptors (Lipinski definition) is 3. The normalized spacial score (nSPS) is 16.3. The lowest BCUT2D eigenvalue weighted by atomic mass is 10.3. The van der Waals surface area contributed by atoms with Crippen LogP contribution in [0.15, 0.2) is 24.3 Å². The van der Waals surface area contributed by atoms with Crippen LogP contribution in [0.1, 0.15) is 5.01 Å². The van der Waals surface area contributed by atoms with Crippen molar-refractivity contribution in [3.8, 4) is 0 Å². The third-order valence-corrected chi connectivity index (χ3v) is 6.98. The van der Waals surface area contributed by atoms with Crippen LogP contribution in [-0.4, -0.2) is 18.2 Å². The molecule has 2 rings (SSSR count). The van der Waals surface area contributed by atoms with E-state index in [0.717, 1.165) is 15.2 Å². The highest BCUT2D eigenvalue weighted by atomic mass is 32.1. The summed E-state index contributed by atoms with van der Waals surface area (Å²) in [7, 11) is -1.80. The average molecular weight is 250 g/mol. The van der Waals surface area contributed by atoms with Crippen molar-refractivity contribution >= 4 is 29.6 Å². The van der Waals surface area contributed by atoms with Crippen LogP contribution in [0.3, 0.4) is 0 Å². The molecule has 1 aromatic heterocycles. The first kappa shape index (κ1) is 11.8. The van der Waals surface area contributed by atoms with Gasteiger partial charge >= 0.3 is 0 Å². The van der Waals surface area contributed by atoms with Gasteiger partial charge in [-0.3, -0.25) is 0 Å². The molecule has 2 aromatic rings. The highest BCUT2D eigenvalue weighted by Gasteiger charge is 2.41. The molecule has 85 valence electrons. The van der Waals surface area contributed by atoms with Crippen molar-refractivity contribution < 1.29 is 5.11 Å². The molecule has 1 radical (unpaired) electrons. The van der Waals surface area contributed by atoms with Crippen molar-refractivity contribution in [2.45, 2.75) is 24.9 Å². The molecule has 0 saturated heterocycles. The molecule has 0 aliphatic heterocycles. The van der Waals surface area contributed by atoms with Crippen molar-refractivity contribution in [1.82, 2.24) is 4.98 Å². The Morgan fingerprint density at radius 3 is 2.50 bits per heavy atom. The number of thiazole rings is 1. The van der Waals surface area contributed by atoms with Crippen molar-refractivity contribution in [2.75, 3.05) is 0 Å². The smallest absolute Gasteiger partial charge is 0.122 e. The fraction of sp³-hybridized carbons (Fsp3) is 0.333. The molecular weight excluding hydrogens is 234 g/mol. The topological polar surface area (TPSA) is 33.1 Å². The van der Waals surface area contributed by atoms with Gasteiger partial charge in [0.1, 0.15) is 10.2 Å². The molecule has 0 spiro atoms. The van der Waals surface area contributed by atoms with E-state index in [0.29, 0.717) is 0 Å². The number of para-hydroxylation sites is 1. The first-order valence-corrected chi connectivity index (χ1v) is 9.58. The summed E-state index contributed by atoms with van der Waals surface area (Å²) >= 11 is 1.54. The van der Waals surface area contributed by atoms with Crippen molar-refractivity contribution in [2.24, 2.45) is 0 Å². The second-order valence-corrected chi connectivity index (χ2v) is 11.5. The molecule has 0 saturated carbocycles. The van der Waals surface area contributed by atoms with Crippen LogP contribution in [-0.2, 0) is 5.22 Å². The first-order chi connectivity index (χ1) is 7.32. The minimum absolute atomic E-state index is 0.743. The number of hydrogen-bond donors (Lipinski definition) is 1. The molecule has 0 fully saturated rings. The summed E-state index contributed by atoms with van der Waals surface area (Å²) in [5.74, 6) is 0. The minimum atomic E-state index is -1.80. The largest absolute Gasteiger partial charge is 0.386 e. The lowest BCUT2D eigenvalue weighted by Crippen LogP contribution is -2.47. The number of aliphatic hydroxyl groups is 1. The van der Waals surface area contributed by atoms with Gasteiger partial charge in [-0.2, -0.15) is 0 Å². The monoisotopic (exact) mass is 250 g/mol. The Kier molecular flexibility index (Phi) is 2.68. The number of fused-ring (bicyclic) bond motifs is 1. The molecule has 4 heteroatoms. The van der Waals surface area contributed by atoms with E-state index in [2.05, 4.69) is 31.5 Å². The lowest BCUT2D eigenvalue weighted by molar-refractivity contribution is 0.164. The average Bonchev–Trinajstić information content (AvgIpc) is 2.59. The van der Waals surface area contributed by atoms with Crippen LogP contribution < -0.4 is 0 Å². The quantitative estimate of drug-likeness (QED) is 0.830. The maximum absolute atomic E-state index is 10.5. The predicted molar refractivity (Wildman–Crippen MR) is 72.2 cm³/mol. The fourth-order valence-electron chi connectivity index (χ4n) is 1.37. The summed E-state index contributed by atoms with van der Waals surface area (Å²) in [4.78, 5) is 4.49. The highest BCUT2D eigenvalue weighted by Crippen LogP contribution is 2.35. The molecule has 1 N–H and O–H groups in total. The standard InChI is InChI=1S/C12H16NOSSi/c1-12(14,16(2,3)4)11-13-9-7-5-6-8-10(9)15-11/h5-8,14H,1H2,2-4H3. The van der Waals surface area contributed by atoms with Gasteiger partial charge in [-0.15, -0.1) is 11.3 Å². The van der Waals surface area contributed by atoms with E-state index < -0.39 is 13.3 Å². The molecule has 0 amide bonds. The Hall–Kier alpha value is -0.713. The Labute approximate surface area is 101 Å². The second kappa shape index (κ2) is 3.65. The highest BCUT2D eigenvalue weighted by molar-refractivity contribution is 7.19. The van der Waals surface area contributed by atoms with Crippen LogP contribution in [0.2, 0.25) is 19.6 Å². The summed E-state index contributed by atoms with van der Waals surface area (Å²) < 4.78 is 1.11. The van der Waals surface area contributed by atoms with E-state index in [1.807, 2.05) is 24.3 Å². The van der Waals surface area contributed by atoms with Crippen molar-refractivity contribution in [3.05, 3.63) is 36.2 Å². The second-order valence-electron chi connectivity index (χ2n) is 5.10. The molecule has 2 nitrogen and oxygen atoms in total. The zero-order valence-electron chi connectivity index (χ0n) is 9.82. The van der Waals surface area contributed by atoms with Gasteiger partial charge in [0.2, 0.25) is 0 Å². The number of rotatable bonds is 2. The molecule has 1 unspecified atom stereocenters. The molecule has 0 bridgehead atoms. The Morgan fingerprint density at radius 1 is 1.31 bits per heavy atom. The van der Waals surface area contributed by atoms with E-state index in [-0.39, 0.29) is 0 Å². The SMILES string of the molecule is [CH2]C(O)(c1nc2ccccc2s1)[Si](C)(C)C. The predicted octanol–water partition coefficient (Wildman–Crippen LogP) is 3.20. The number of nitrogens with zero attached hydrogens (tertiary/aromatic N) is 1. The fourth-order valence-corrected chi connectivity index (χ4v) is 4.03. The van der Waals surface area contributed by atoms with Gasteiger partial charge in [0.25, 0.3) is 0 Å². The summed E-state index contributed by atoms with van der Waals surface area (Å²) in [6.45, 7) is 10.3. The van der Waals surface area contributed by atoms with Gasteiger partial charge < -0.3 is 5.11 Å². The maximum Gasteiger partial charge on any atom is 0.122 e. The molecule has 1 aromatic carbocycles. The molecule has 1 atom stereocenters. The Balaban J connectivity index is 2.56. The van der Waals surface area contributed by atoms with Crippen LogP contribution in [0.4, 0.5) is 0 Å². The summed E-state index contributed by atoms with van der Waals surface area (Å²) in [6, 6.07) is 7.94. The van der Waals surface area contributed by atoms with E-state index in [1.54, 1.807) is 11.3 Å². The van der Waals surface area contributed by atoms with Crippen LogP contribution in [0.25, 0.3) is 10.2 Å². The first-order valence-electron chi connectivity index (χ1n) is 5.26. The summed E-state index contributed by atoms with van der Waals surface area (Å²) in [5, 5.41) is 10.3. The van der Waals surface area contributed by atoms with Gasteiger partial charge in [-0.05, 0) is 19.1 Å². The Morgan fingerprint density at radius 2 is 1.94 bits per heavy atom. The van der Waals surface area contributed by atoms with Crippen molar-refractivity contribution in [1.29, 1.82) is 0 Å². The van der Waals surface area contributed by atoms with Gasteiger partial charge in [0.05, 0.1) is 18.3 Å². The lowest BCUT2D eigenvalue weighted by Gasteiger charge is -2.33. The molecule has 16 heavy (non-hydrogen) atoms. The third kappa shape index (κ3) is 1.81. The third-order valence-electron chi connectivity index (χ3n) is 2.89. The Bertz CT molecular complexity index is 480. The molecule has 0 aliphatic carbocycles. The molecule has 1 heterocycles. The van der Waals surface area contributed by atoms with Gasteiger partial charge in [-0.25, -0.2) is 4.98 Å². The number of aromatic nitrogens is 1. The maximum atomic E-state index is 10.5. The summed E-state index contributed by atoms with van der Waals surface area (Å²) in [6.07, 6.45) is 0. The van der Waals surface area contributed by atoms with E-state index in [9.17, 15) is 5.11 Å². The minimum Gasteiger partial charge on any atom is -0.386 e. The van der Waals surface area contributed by atoms with Crippen LogP contribution in [0.5, 0.6) is 0 Å². The van der Waals surface area contributed by atoms with Crippen molar-refractivity contribution in [3.63, 3.8) is 0 Å². The molecular formula is C12H16NOSSi. The molecule has 0 aliphatic rings. The van der Waals surface area contributed by atoms with Crippen LogP contribution >= 0.6 is 11.3 Å². The zero-order chi connectivity index (χ0) is 12.0. The van der Waals surface area contributed by atoms with Gasteiger partial charge in [-0.1, -0.05) is 31.8 Å². The zero-order valence-corrected chi connectivity index (χ0v) is 11.6.